The molecule has 0 spiro atoms. The van der Waals surface area contributed by atoms with E-state index >= 15 is 0 Å². The molecule has 0 saturated carbocycles. The summed E-state index contributed by atoms with van der Waals surface area (Å²) in [5.74, 6) is 0.979. The van der Waals surface area contributed by atoms with E-state index in [2.05, 4.69) is 25.5 Å². The molecule has 1 aromatic rings. The molecular formula is C11H16O3. The average molecular weight is 196 g/mol. The molecule has 0 heterocycles. The number of hydrogen-bond acceptors (Lipinski definition) is 3. The lowest BCUT2D eigenvalue weighted by molar-refractivity contribution is -0.120. The molecule has 0 aromatic heterocycles. The lowest BCUT2D eigenvalue weighted by atomic mass is 10.3. The highest BCUT2D eigenvalue weighted by atomic mass is 16.5. The zero-order chi connectivity index (χ0) is 11.0. The van der Waals surface area contributed by atoms with Crippen LogP contribution >= 0.6 is 0 Å². The average Bonchev–Trinajstić information content (AvgIpc) is 2.08. The number of ether oxygens (including phenoxy) is 1. The van der Waals surface area contributed by atoms with Gasteiger partial charge in [-0.15, -0.1) is 0 Å². The number of aromatic hydroxyl groups is 1. The van der Waals surface area contributed by atoms with Crippen molar-refractivity contribution in [3.05, 3.63) is 24.3 Å². The summed E-state index contributed by atoms with van der Waals surface area (Å²) < 4.78 is 4.41. The van der Waals surface area contributed by atoms with Gasteiger partial charge in [-0.3, -0.25) is 4.79 Å². The van der Waals surface area contributed by atoms with Crippen LogP contribution in [0.3, 0.4) is 0 Å². The molecule has 0 fully saturated rings. The number of phenolic OH excluding ortho intramolecular Hbond substituents is 1. The van der Waals surface area contributed by atoms with Gasteiger partial charge in [-0.2, -0.15) is 0 Å². The summed E-state index contributed by atoms with van der Waals surface area (Å²) in [7, 11) is 0. The monoisotopic (exact) mass is 196 g/mol. The van der Waals surface area contributed by atoms with Crippen LogP contribution in [0, 0.1) is 5.92 Å². The van der Waals surface area contributed by atoms with E-state index in [0.29, 0.717) is 0 Å². The topological polar surface area (TPSA) is 46.5 Å². The van der Waals surface area contributed by atoms with Gasteiger partial charge in [-0.1, -0.05) is 32.9 Å². The summed E-state index contributed by atoms with van der Waals surface area (Å²) in [6.45, 7) is 6.77. The van der Waals surface area contributed by atoms with E-state index in [4.69, 9.17) is 5.11 Å². The standard InChI is InChI=1S/C7H6O3.C4H10/c8-5-10-7-4-2-1-3-6(7)9;1-4(2)3/h1-5,9H;4H,1-3H3. The molecule has 0 unspecified atom stereocenters. The second-order valence-corrected chi connectivity index (χ2v) is 3.41. The molecule has 0 atom stereocenters. The number of phenols is 1. The lowest BCUT2D eigenvalue weighted by Gasteiger charge is -1.97. The molecular weight excluding hydrogens is 180 g/mol. The Morgan fingerprint density at radius 3 is 2.21 bits per heavy atom. The molecule has 0 aliphatic rings. The molecule has 0 aliphatic heterocycles. The molecule has 1 N–H and O–H groups in total. The van der Waals surface area contributed by atoms with E-state index in [1.807, 2.05) is 0 Å². The van der Waals surface area contributed by atoms with Crippen LogP contribution in [0.15, 0.2) is 24.3 Å². The van der Waals surface area contributed by atoms with Crippen molar-refractivity contribution < 1.29 is 14.6 Å². The fourth-order valence-electron chi connectivity index (χ4n) is 0.609. The first-order valence-corrected chi connectivity index (χ1v) is 4.46. The van der Waals surface area contributed by atoms with Crippen molar-refractivity contribution in [2.24, 2.45) is 5.92 Å². The maximum Gasteiger partial charge on any atom is 0.298 e. The maximum absolute atomic E-state index is 9.79. The van der Waals surface area contributed by atoms with Crippen LogP contribution in [-0.4, -0.2) is 11.6 Å². The Morgan fingerprint density at radius 1 is 1.29 bits per heavy atom. The van der Waals surface area contributed by atoms with E-state index in [9.17, 15) is 4.79 Å². The Morgan fingerprint density at radius 2 is 1.79 bits per heavy atom. The lowest BCUT2D eigenvalue weighted by Crippen LogP contribution is -1.87. The Bertz CT molecular complexity index is 266. The molecule has 3 nitrogen and oxygen atoms in total. The van der Waals surface area contributed by atoms with Crippen LogP contribution < -0.4 is 4.74 Å². The fourth-order valence-corrected chi connectivity index (χ4v) is 0.609. The van der Waals surface area contributed by atoms with Crippen molar-refractivity contribution in [2.75, 3.05) is 0 Å². The SMILES string of the molecule is CC(C)C.O=COc1ccccc1O. The Balaban J connectivity index is 0.000000364. The molecule has 1 rings (SSSR count). The Labute approximate surface area is 84.3 Å². The summed E-state index contributed by atoms with van der Waals surface area (Å²) in [5, 5.41) is 8.96. The smallest absolute Gasteiger partial charge is 0.298 e. The van der Waals surface area contributed by atoms with Crippen molar-refractivity contribution in [1.29, 1.82) is 0 Å². The minimum Gasteiger partial charge on any atom is -0.504 e. The van der Waals surface area contributed by atoms with Crippen molar-refractivity contribution in [3.8, 4) is 11.5 Å². The molecule has 0 radical (unpaired) electrons. The van der Waals surface area contributed by atoms with Gasteiger partial charge in [0.1, 0.15) is 0 Å². The van der Waals surface area contributed by atoms with Crippen molar-refractivity contribution in [3.63, 3.8) is 0 Å². The highest BCUT2D eigenvalue weighted by molar-refractivity contribution is 5.49. The second-order valence-electron chi connectivity index (χ2n) is 3.41. The summed E-state index contributed by atoms with van der Waals surface area (Å²) >= 11 is 0. The summed E-state index contributed by atoms with van der Waals surface area (Å²) in [6.07, 6.45) is 0. The van der Waals surface area contributed by atoms with Gasteiger partial charge in [0, 0.05) is 0 Å². The van der Waals surface area contributed by atoms with Gasteiger partial charge in [0.25, 0.3) is 6.47 Å². The van der Waals surface area contributed by atoms with Gasteiger partial charge < -0.3 is 9.84 Å². The van der Waals surface area contributed by atoms with Crippen LogP contribution in [0.5, 0.6) is 11.5 Å². The Hall–Kier alpha value is -1.51. The van der Waals surface area contributed by atoms with Crippen LogP contribution in [0.2, 0.25) is 0 Å². The summed E-state index contributed by atoms with van der Waals surface area (Å²) in [5.41, 5.74) is 0. The number of carbonyl (C=O) groups excluding carboxylic acids is 1. The first kappa shape index (κ1) is 12.5. The van der Waals surface area contributed by atoms with Crippen LogP contribution in [0.1, 0.15) is 20.8 Å². The quantitative estimate of drug-likeness (QED) is 0.739. The first-order valence-electron chi connectivity index (χ1n) is 4.46. The van der Waals surface area contributed by atoms with Gasteiger partial charge in [0.2, 0.25) is 0 Å². The maximum atomic E-state index is 9.79. The third-order valence-corrected chi connectivity index (χ3v) is 1.04. The number of para-hydroxylation sites is 2. The van der Waals surface area contributed by atoms with Crippen molar-refractivity contribution in [1.82, 2.24) is 0 Å². The van der Waals surface area contributed by atoms with E-state index in [0.717, 1.165) is 5.92 Å². The van der Waals surface area contributed by atoms with Crippen LogP contribution in [-0.2, 0) is 4.79 Å². The van der Waals surface area contributed by atoms with Crippen molar-refractivity contribution in [2.45, 2.75) is 20.8 Å². The molecule has 0 aliphatic carbocycles. The van der Waals surface area contributed by atoms with Crippen molar-refractivity contribution >= 4 is 6.47 Å². The zero-order valence-electron chi connectivity index (χ0n) is 8.73. The highest BCUT2D eigenvalue weighted by Crippen LogP contribution is 2.23. The summed E-state index contributed by atoms with van der Waals surface area (Å²) in [4.78, 5) is 9.79. The van der Waals surface area contributed by atoms with E-state index in [-0.39, 0.29) is 18.0 Å². The minimum absolute atomic E-state index is 0.0328. The zero-order valence-corrected chi connectivity index (χ0v) is 8.73. The number of benzene rings is 1. The minimum atomic E-state index is -0.0328. The summed E-state index contributed by atoms with van der Waals surface area (Å²) in [6, 6.07) is 6.26. The molecule has 0 amide bonds. The molecule has 78 valence electrons. The number of hydrogen-bond donors (Lipinski definition) is 1. The van der Waals surface area contributed by atoms with Gasteiger partial charge in [-0.25, -0.2) is 0 Å². The first-order chi connectivity index (χ1) is 6.57. The van der Waals surface area contributed by atoms with Gasteiger partial charge >= 0.3 is 0 Å². The molecule has 14 heavy (non-hydrogen) atoms. The molecule has 3 heteroatoms. The van der Waals surface area contributed by atoms with E-state index < -0.39 is 0 Å². The van der Waals surface area contributed by atoms with Crippen LogP contribution in [0.4, 0.5) is 0 Å². The molecule has 0 bridgehead atoms. The second kappa shape index (κ2) is 6.95. The predicted octanol–water partition coefficient (Wildman–Crippen LogP) is 2.59. The molecule has 0 saturated heterocycles. The highest BCUT2D eigenvalue weighted by Gasteiger charge is 1.96. The van der Waals surface area contributed by atoms with E-state index in [1.165, 1.54) is 12.1 Å². The largest absolute Gasteiger partial charge is 0.504 e. The fraction of sp³-hybridized carbons (Fsp3) is 0.364. The Kier molecular flexibility index (Phi) is 6.20. The third-order valence-electron chi connectivity index (χ3n) is 1.04. The predicted molar refractivity (Wildman–Crippen MR) is 55.3 cm³/mol. The number of carbonyl (C=O) groups is 1. The number of rotatable bonds is 2. The van der Waals surface area contributed by atoms with Gasteiger partial charge in [0.05, 0.1) is 0 Å². The normalized spacial score (nSPS) is 8.86. The third kappa shape index (κ3) is 6.06. The van der Waals surface area contributed by atoms with Gasteiger partial charge in [0.15, 0.2) is 11.5 Å². The molecule has 1 aromatic carbocycles. The van der Waals surface area contributed by atoms with E-state index in [1.54, 1.807) is 12.1 Å². The van der Waals surface area contributed by atoms with Crippen LogP contribution in [0.25, 0.3) is 0 Å². The van der Waals surface area contributed by atoms with Gasteiger partial charge in [-0.05, 0) is 18.1 Å².